The van der Waals surface area contributed by atoms with Crippen molar-refractivity contribution in [2.75, 3.05) is 13.2 Å². The van der Waals surface area contributed by atoms with Gasteiger partial charge in [-0.15, -0.1) is 5.11 Å². The van der Waals surface area contributed by atoms with Gasteiger partial charge < -0.3 is 14.4 Å². The minimum atomic E-state index is -4.71. The summed E-state index contributed by atoms with van der Waals surface area (Å²) in [7, 11) is 0. The largest absolute Gasteiger partial charge is 0.488 e. The minimum Gasteiger partial charge on any atom is -0.488 e. The Morgan fingerprint density at radius 3 is 2.85 bits per heavy atom. The topological polar surface area (TPSA) is 63.5 Å². The SMILES string of the molecule is O=C1N=NC=C(N2Cc3cccc(OC4CCCOC4)c3C2)C1C(F)(F)F. The molecule has 2 atom stereocenters. The van der Waals surface area contributed by atoms with E-state index in [0.29, 0.717) is 12.4 Å². The van der Waals surface area contributed by atoms with E-state index >= 15 is 0 Å². The van der Waals surface area contributed by atoms with Gasteiger partial charge in [0.15, 0.2) is 5.92 Å². The molecule has 3 aliphatic rings. The van der Waals surface area contributed by atoms with E-state index in [1.165, 1.54) is 4.90 Å². The highest BCUT2D eigenvalue weighted by molar-refractivity contribution is 5.83. The molecule has 0 bridgehead atoms. The average molecular weight is 381 g/mol. The molecule has 2 unspecified atom stereocenters. The molecular weight excluding hydrogens is 363 g/mol. The Morgan fingerprint density at radius 1 is 1.26 bits per heavy atom. The Kier molecular flexibility index (Phi) is 4.63. The van der Waals surface area contributed by atoms with E-state index in [1.807, 2.05) is 18.2 Å². The zero-order valence-electron chi connectivity index (χ0n) is 14.4. The van der Waals surface area contributed by atoms with Crippen LogP contribution in [0.3, 0.4) is 0 Å². The molecule has 4 rings (SSSR count). The molecule has 0 N–H and O–H groups in total. The Hall–Kier alpha value is -2.42. The van der Waals surface area contributed by atoms with Crippen molar-refractivity contribution in [3.8, 4) is 5.75 Å². The Morgan fingerprint density at radius 2 is 2.11 bits per heavy atom. The number of halogens is 3. The van der Waals surface area contributed by atoms with Crippen molar-refractivity contribution >= 4 is 5.91 Å². The number of amides is 1. The van der Waals surface area contributed by atoms with Crippen LogP contribution in [0.5, 0.6) is 5.75 Å². The van der Waals surface area contributed by atoms with E-state index < -0.39 is 18.0 Å². The number of benzene rings is 1. The van der Waals surface area contributed by atoms with Crippen LogP contribution in [-0.2, 0) is 22.6 Å². The van der Waals surface area contributed by atoms with Crippen LogP contribution in [0.4, 0.5) is 13.2 Å². The number of ether oxygens (including phenoxy) is 2. The third kappa shape index (κ3) is 3.55. The van der Waals surface area contributed by atoms with Gasteiger partial charge in [0.2, 0.25) is 0 Å². The van der Waals surface area contributed by atoms with Crippen LogP contribution in [-0.4, -0.2) is 36.3 Å². The van der Waals surface area contributed by atoms with Crippen molar-refractivity contribution in [2.24, 2.45) is 16.1 Å². The first-order chi connectivity index (χ1) is 12.9. The van der Waals surface area contributed by atoms with E-state index in [2.05, 4.69) is 10.2 Å². The summed E-state index contributed by atoms with van der Waals surface area (Å²) < 4.78 is 51.6. The van der Waals surface area contributed by atoms with Gasteiger partial charge in [-0.1, -0.05) is 12.1 Å². The molecule has 0 aromatic heterocycles. The lowest BCUT2D eigenvalue weighted by molar-refractivity contribution is -0.177. The number of nitrogens with zero attached hydrogens (tertiary/aromatic N) is 3. The van der Waals surface area contributed by atoms with E-state index in [9.17, 15) is 18.0 Å². The number of azo groups is 1. The second-order valence-electron chi connectivity index (χ2n) is 6.79. The van der Waals surface area contributed by atoms with Crippen molar-refractivity contribution < 1.29 is 27.4 Å². The Balaban J connectivity index is 1.57. The van der Waals surface area contributed by atoms with Crippen molar-refractivity contribution in [2.45, 2.75) is 38.2 Å². The normalized spacial score (nSPS) is 25.4. The maximum absolute atomic E-state index is 13.4. The maximum Gasteiger partial charge on any atom is 0.406 e. The van der Waals surface area contributed by atoms with Gasteiger partial charge in [0.05, 0.1) is 18.5 Å². The summed E-state index contributed by atoms with van der Waals surface area (Å²) in [5.74, 6) is -2.91. The molecule has 3 heterocycles. The fourth-order valence-electron chi connectivity index (χ4n) is 3.64. The predicted molar refractivity (Wildman–Crippen MR) is 87.6 cm³/mol. The summed E-state index contributed by atoms with van der Waals surface area (Å²) in [6.45, 7) is 1.70. The third-order valence-corrected chi connectivity index (χ3v) is 4.93. The van der Waals surface area contributed by atoms with Crippen LogP contribution in [0.1, 0.15) is 24.0 Å². The summed E-state index contributed by atoms with van der Waals surface area (Å²) in [6.07, 6.45) is -1.95. The van der Waals surface area contributed by atoms with Crippen molar-refractivity contribution in [3.63, 3.8) is 0 Å². The second kappa shape index (κ2) is 6.95. The molecule has 1 aromatic carbocycles. The van der Waals surface area contributed by atoms with E-state index in [0.717, 1.165) is 36.8 Å². The number of rotatable bonds is 3. The van der Waals surface area contributed by atoms with Gasteiger partial charge in [-0.2, -0.15) is 18.3 Å². The summed E-state index contributed by atoms with van der Waals surface area (Å²) in [6, 6.07) is 5.50. The zero-order valence-corrected chi connectivity index (χ0v) is 14.4. The molecule has 9 heteroatoms. The molecule has 1 amide bonds. The lowest BCUT2D eigenvalue weighted by Gasteiger charge is -2.29. The summed E-state index contributed by atoms with van der Waals surface area (Å²) in [5.41, 5.74) is 1.53. The smallest absolute Gasteiger partial charge is 0.406 e. The van der Waals surface area contributed by atoms with Gasteiger partial charge in [-0.25, -0.2) is 0 Å². The fraction of sp³-hybridized carbons (Fsp3) is 0.500. The summed E-state index contributed by atoms with van der Waals surface area (Å²) in [5, 5.41) is 6.52. The highest BCUT2D eigenvalue weighted by atomic mass is 19.4. The third-order valence-electron chi connectivity index (χ3n) is 4.93. The van der Waals surface area contributed by atoms with Crippen LogP contribution < -0.4 is 4.74 Å². The van der Waals surface area contributed by atoms with E-state index in [1.54, 1.807) is 0 Å². The maximum atomic E-state index is 13.4. The minimum absolute atomic E-state index is 0.0634. The molecule has 6 nitrogen and oxygen atoms in total. The highest BCUT2D eigenvalue weighted by Crippen LogP contribution is 2.41. The molecule has 0 aliphatic carbocycles. The number of hydrogen-bond donors (Lipinski definition) is 0. The van der Waals surface area contributed by atoms with Crippen LogP contribution in [0, 0.1) is 5.92 Å². The first-order valence-electron chi connectivity index (χ1n) is 8.75. The number of carbonyl (C=O) groups excluding carboxylic acids is 1. The van der Waals surface area contributed by atoms with Crippen molar-refractivity contribution in [3.05, 3.63) is 41.2 Å². The average Bonchev–Trinajstić information content (AvgIpc) is 3.06. The predicted octanol–water partition coefficient (Wildman–Crippen LogP) is 3.57. The van der Waals surface area contributed by atoms with E-state index in [-0.39, 0.29) is 24.9 Å². The van der Waals surface area contributed by atoms with Gasteiger partial charge in [0.25, 0.3) is 5.91 Å². The first-order valence-corrected chi connectivity index (χ1v) is 8.75. The molecule has 1 fully saturated rings. The number of fused-ring (bicyclic) bond motifs is 1. The van der Waals surface area contributed by atoms with Crippen molar-refractivity contribution in [1.82, 2.24) is 4.90 Å². The van der Waals surface area contributed by atoms with Gasteiger partial charge in [-0.3, -0.25) is 4.79 Å². The van der Waals surface area contributed by atoms with Gasteiger partial charge in [0, 0.05) is 25.3 Å². The number of hydrogen-bond acceptors (Lipinski definition) is 5. The number of carbonyl (C=O) groups is 1. The molecule has 27 heavy (non-hydrogen) atoms. The molecule has 0 radical (unpaired) electrons. The van der Waals surface area contributed by atoms with Crippen LogP contribution >= 0.6 is 0 Å². The van der Waals surface area contributed by atoms with Gasteiger partial charge in [0.1, 0.15) is 11.9 Å². The Labute approximate surface area is 153 Å². The van der Waals surface area contributed by atoms with Crippen LogP contribution in [0.15, 0.2) is 40.3 Å². The fourth-order valence-corrected chi connectivity index (χ4v) is 3.64. The quantitative estimate of drug-likeness (QED) is 0.803. The van der Waals surface area contributed by atoms with Crippen molar-refractivity contribution in [1.29, 1.82) is 0 Å². The standard InChI is InChI=1S/C18H18F3N3O3/c19-18(20,21)16-14(7-22-23-17(16)25)24-8-11-3-1-5-15(13(11)9-24)27-12-4-2-6-26-10-12/h1,3,5,7,12,16H,2,4,6,8-10H2. The van der Waals surface area contributed by atoms with Gasteiger partial charge in [-0.05, 0) is 24.5 Å². The lowest BCUT2D eigenvalue weighted by Crippen LogP contribution is -2.38. The molecule has 1 aromatic rings. The molecule has 0 saturated carbocycles. The lowest BCUT2D eigenvalue weighted by atomic mass is 10.0. The Bertz CT molecular complexity index is 801. The van der Waals surface area contributed by atoms with E-state index in [4.69, 9.17) is 9.47 Å². The molecule has 3 aliphatic heterocycles. The number of alkyl halides is 3. The molecular formula is C18H18F3N3O3. The summed E-state index contributed by atoms with van der Waals surface area (Å²) in [4.78, 5) is 13.2. The zero-order chi connectivity index (χ0) is 19.0. The van der Waals surface area contributed by atoms with Gasteiger partial charge >= 0.3 is 6.18 Å². The molecule has 1 saturated heterocycles. The summed E-state index contributed by atoms with van der Waals surface area (Å²) >= 11 is 0. The van der Waals surface area contributed by atoms with Crippen LogP contribution in [0.25, 0.3) is 0 Å². The van der Waals surface area contributed by atoms with Crippen LogP contribution in [0.2, 0.25) is 0 Å². The first kappa shape index (κ1) is 18.0. The monoisotopic (exact) mass is 381 g/mol. The highest BCUT2D eigenvalue weighted by Gasteiger charge is 2.50. The molecule has 0 spiro atoms. The second-order valence-corrected chi connectivity index (χ2v) is 6.79. The molecule has 144 valence electrons.